The molecule has 0 unspecified atom stereocenters. The van der Waals surface area contributed by atoms with Crippen LogP contribution in [0.1, 0.15) is 48.3 Å². The van der Waals surface area contributed by atoms with Crippen LogP contribution in [0, 0.1) is 0 Å². The van der Waals surface area contributed by atoms with Crippen LogP contribution >= 0.6 is 11.6 Å². The zero-order valence-electron chi connectivity index (χ0n) is 19.5. The van der Waals surface area contributed by atoms with Gasteiger partial charge in [0.25, 0.3) is 0 Å². The van der Waals surface area contributed by atoms with Crippen molar-refractivity contribution in [3.8, 4) is 0 Å². The molecule has 176 valence electrons. The van der Waals surface area contributed by atoms with Crippen LogP contribution in [0.4, 0.5) is 0 Å². The number of carbonyl (C=O) groups is 2. The van der Waals surface area contributed by atoms with Gasteiger partial charge >= 0.3 is 5.97 Å². The Kier molecular flexibility index (Phi) is 6.56. The summed E-state index contributed by atoms with van der Waals surface area (Å²) in [6.07, 6.45) is 1.08. The number of ketones is 1. The summed E-state index contributed by atoms with van der Waals surface area (Å²) in [6.45, 7) is 2.06. The van der Waals surface area contributed by atoms with E-state index in [1.807, 2.05) is 91.9 Å². The van der Waals surface area contributed by atoms with Gasteiger partial charge in [-0.25, -0.2) is 4.79 Å². The Balaban J connectivity index is 1.49. The van der Waals surface area contributed by atoms with Crippen LogP contribution in [0.3, 0.4) is 0 Å². The fourth-order valence-electron chi connectivity index (χ4n) is 5.06. The Morgan fingerprint density at radius 2 is 1.57 bits per heavy atom. The highest BCUT2D eigenvalue weighted by atomic mass is 35.5. The predicted octanol–water partition coefficient (Wildman–Crippen LogP) is 6.45. The standard InChI is InChI=1S/C30H26ClNO3/c1-19-27(30(34)35-18-20-8-4-2-5-9-20)28(22-10-6-3-7-11-22)29-25(32-19)16-23(17-26(29)33)21-12-14-24(31)15-13-21/h2-15,23,28,32H,16-18H2,1H3/t23-,28-/m1/s1. The number of Topliss-reactive ketones (excluding diaryl/α,β-unsaturated/α-hetero) is 1. The number of dihydropyridines is 1. The average Bonchev–Trinajstić information content (AvgIpc) is 2.88. The van der Waals surface area contributed by atoms with Gasteiger partial charge in [0.1, 0.15) is 6.61 Å². The molecule has 5 heteroatoms. The second kappa shape index (κ2) is 9.93. The van der Waals surface area contributed by atoms with Crippen molar-refractivity contribution in [3.05, 3.63) is 129 Å². The van der Waals surface area contributed by atoms with E-state index in [9.17, 15) is 9.59 Å². The summed E-state index contributed by atoms with van der Waals surface area (Å²) >= 11 is 6.07. The van der Waals surface area contributed by atoms with Gasteiger partial charge in [-0.2, -0.15) is 0 Å². The number of allylic oxidation sites excluding steroid dienone is 3. The molecule has 0 radical (unpaired) electrons. The molecule has 35 heavy (non-hydrogen) atoms. The van der Waals surface area contributed by atoms with E-state index in [4.69, 9.17) is 16.3 Å². The van der Waals surface area contributed by atoms with Gasteiger partial charge in [-0.1, -0.05) is 84.4 Å². The van der Waals surface area contributed by atoms with E-state index < -0.39 is 11.9 Å². The second-order valence-electron chi connectivity index (χ2n) is 9.04. The van der Waals surface area contributed by atoms with Gasteiger partial charge in [0, 0.05) is 34.3 Å². The third-order valence-corrected chi connectivity index (χ3v) is 6.99. The molecule has 1 heterocycles. The van der Waals surface area contributed by atoms with Crippen LogP contribution in [0.5, 0.6) is 0 Å². The maximum Gasteiger partial charge on any atom is 0.337 e. The zero-order chi connectivity index (χ0) is 24.4. The SMILES string of the molecule is CC1=C(C(=O)OCc2ccccc2)[C@@H](c2ccccc2)C2=C(C[C@@H](c3ccc(Cl)cc3)CC2=O)N1. The van der Waals surface area contributed by atoms with Crippen molar-refractivity contribution in [2.75, 3.05) is 0 Å². The number of esters is 1. The van der Waals surface area contributed by atoms with Crippen LogP contribution in [0.15, 0.2) is 107 Å². The first-order chi connectivity index (χ1) is 17.0. The van der Waals surface area contributed by atoms with Crippen LogP contribution < -0.4 is 5.32 Å². The molecule has 1 aliphatic carbocycles. The Labute approximate surface area is 210 Å². The smallest absolute Gasteiger partial charge is 0.337 e. The maximum absolute atomic E-state index is 13.6. The van der Waals surface area contributed by atoms with Gasteiger partial charge in [0.2, 0.25) is 0 Å². The molecule has 0 aromatic heterocycles. The topological polar surface area (TPSA) is 55.4 Å². The summed E-state index contributed by atoms with van der Waals surface area (Å²) < 4.78 is 5.72. The summed E-state index contributed by atoms with van der Waals surface area (Å²) in [6, 6.07) is 27.0. The van der Waals surface area contributed by atoms with Crippen molar-refractivity contribution >= 4 is 23.4 Å². The van der Waals surface area contributed by atoms with Crippen molar-refractivity contribution in [2.24, 2.45) is 0 Å². The number of nitrogens with one attached hydrogen (secondary N) is 1. The highest BCUT2D eigenvalue weighted by Crippen LogP contribution is 2.45. The fraction of sp³-hybridized carbons (Fsp3) is 0.200. The molecule has 2 aliphatic rings. The summed E-state index contributed by atoms with van der Waals surface area (Å²) in [5, 5.41) is 4.07. The summed E-state index contributed by atoms with van der Waals surface area (Å²) in [4.78, 5) is 27.0. The summed E-state index contributed by atoms with van der Waals surface area (Å²) in [7, 11) is 0. The monoisotopic (exact) mass is 483 g/mol. The molecule has 0 saturated carbocycles. The van der Waals surface area contributed by atoms with Gasteiger partial charge in [-0.15, -0.1) is 0 Å². The van der Waals surface area contributed by atoms with E-state index in [1.165, 1.54) is 0 Å². The molecule has 0 spiro atoms. The lowest BCUT2D eigenvalue weighted by Gasteiger charge is -2.36. The molecule has 1 N–H and O–H groups in total. The first kappa shape index (κ1) is 23.1. The highest BCUT2D eigenvalue weighted by molar-refractivity contribution is 6.30. The Hall–Kier alpha value is -3.63. The number of ether oxygens (including phenoxy) is 1. The van der Waals surface area contributed by atoms with E-state index in [0.717, 1.165) is 28.1 Å². The molecule has 1 aliphatic heterocycles. The van der Waals surface area contributed by atoms with Crippen molar-refractivity contribution in [2.45, 2.75) is 38.2 Å². The lowest BCUT2D eigenvalue weighted by Crippen LogP contribution is -2.36. The molecule has 0 fully saturated rings. The fourth-order valence-corrected chi connectivity index (χ4v) is 5.19. The maximum atomic E-state index is 13.6. The molecule has 4 nitrogen and oxygen atoms in total. The number of hydrogen-bond donors (Lipinski definition) is 1. The van der Waals surface area contributed by atoms with E-state index >= 15 is 0 Å². The number of rotatable bonds is 5. The van der Waals surface area contributed by atoms with Crippen molar-refractivity contribution in [1.82, 2.24) is 5.32 Å². The molecule has 0 saturated heterocycles. The van der Waals surface area contributed by atoms with Crippen LogP contribution in [0.25, 0.3) is 0 Å². The van der Waals surface area contributed by atoms with E-state index in [-0.39, 0.29) is 18.3 Å². The largest absolute Gasteiger partial charge is 0.457 e. The Bertz CT molecular complexity index is 1310. The summed E-state index contributed by atoms with van der Waals surface area (Å²) in [5.74, 6) is -0.767. The van der Waals surface area contributed by atoms with Gasteiger partial charge in [0.15, 0.2) is 5.78 Å². The van der Waals surface area contributed by atoms with E-state index in [1.54, 1.807) is 0 Å². The number of carbonyl (C=O) groups excluding carboxylic acids is 2. The minimum atomic E-state index is -0.464. The molecule has 0 amide bonds. The molecule has 5 rings (SSSR count). The quantitative estimate of drug-likeness (QED) is 0.424. The van der Waals surface area contributed by atoms with Gasteiger partial charge in [0.05, 0.1) is 5.57 Å². The first-order valence-electron chi connectivity index (χ1n) is 11.8. The number of hydrogen-bond acceptors (Lipinski definition) is 4. The van der Waals surface area contributed by atoms with Crippen molar-refractivity contribution in [3.63, 3.8) is 0 Å². The Morgan fingerprint density at radius 3 is 2.26 bits per heavy atom. The van der Waals surface area contributed by atoms with E-state index in [2.05, 4.69) is 5.32 Å². The van der Waals surface area contributed by atoms with Crippen LogP contribution in [-0.2, 0) is 20.9 Å². The third-order valence-electron chi connectivity index (χ3n) is 6.73. The molecule has 3 aromatic rings. The minimum Gasteiger partial charge on any atom is -0.457 e. The van der Waals surface area contributed by atoms with Crippen molar-refractivity contribution < 1.29 is 14.3 Å². The lowest BCUT2D eigenvalue weighted by molar-refractivity contribution is -0.140. The summed E-state index contributed by atoms with van der Waals surface area (Å²) in [5.41, 5.74) is 5.67. The number of halogens is 1. The zero-order valence-corrected chi connectivity index (χ0v) is 20.2. The Morgan fingerprint density at radius 1 is 0.914 bits per heavy atom. The van der Waals surface area contributed by atoms with Crippen LogP contribution in [-0.4, -0.2) is 11.8 Å². The van der Waals surface area contributed by atoms with E-state index in [0.29, 0.717) is 29.0 Å². The highest BCUT2D eigenvalue weighted by Gasteiger charge is 2.41. The number of benzene rings is 3. The average molecular weight is 484 g/mol. The van der Waals surface area contributed by atoms with Gasteiger partial charge in [-0.3, -0.25) is 4.79 Å². The lowest BCUT2D eigenvalue weighted by atomic mass is 9.72. The van der Waals surface area contributed by atoms with Gasteiger partial charge in [-0.05, 0) is 48.1 Å². The predicted molar refractivity (Wildman–Crippen MR) is 137 cm³/mol. The van der Waals surface area contributed by atoms with Crippen LogP contribution in [0.2, 0.25) is 5.02 Å². The second-order valence-corrected chi connectivity index (χ2v) is 9.48. The van der Waals surface area contributed by atoms with Gasteiger partial charge < -0.3 is 10.1 Å². The normalized spacial score (nSPS) is 19.8. The first-order valence-corrected chi connectivity index (χ1v) is 12.1. The van der Waals surface area contributed by atoms with Crippen molar-refractivity contribution in [1.29, 1.82) is 0 Å². The molecule has 0 bridgehead atoms. The third kappa shape index (κ3) is 4.80. The minimum absolute atomic E-state index is 0.0495. The molecule has 3 aromatic carbocycles. The molecular formula is C30H26ClNO3. The molecule has 2 atom stereocenters. The molecular weight excluding hydrogens is 458 g/mol.